The van der Waals surface area contributed by atoms with Gasteiger partial charge in [-0.3, -0.25) is 9.36 Å². The summed E-state index contributed by atoms with van der Waals surface area (Å²) in [7, 11) is 2.89. The van der Waals surface area contributed by atoms with E-state index in [1.54, 1.807) is 25.3 Å². The molecule has 2 heterocycles. The van der Waals surface area contributed by atoms with Crippen molar-refractivity contribution in [3.63, 3.8) is 0 Å². The topological polar surface area (TPSA) is 97.6 Å². The lowest BCUT2D eigenvalue weighted by Crippen LogP contribution is -2.39. The van der Waals surface area contributed by atoms with Gasteiger partial charge in [-0.25, -0.2) is 9.79 Å². The molecule has 9 nitrogen and oxygen atoms in total. The lowest BCUT2D eigenvalue weighted by atomic mass is 9.97. The van der Waals surface area contributed by atoms with Crippen LogP contribution in [0.25, 0.3) is 6.08 Å². The number of thiazole rings is 1. The molecule has 0 saturated carbocycles. The zero-order chi connectivity index (χ0) is 31.2. The van der Waals surface area contributed by atoms with Gasteiger partial charge >= 0.3 is 5.97 Å². The number of carbonyl (C=O) groups excluding carboxylic acids is 1. The Bertz CT molecular complexity index is 1880. The second kappa shape index (κ2) is 14.1. The van der Waals surface area contributed by atoms with E-state index >= 15 is 0 Å². The predicted molar refractivity (Wildman–Crippen MR) is 176 cm³/mol. The molecule has 0 N–H and O–H groups in total. The van der Waals surface area contributed by atoms with E-state index in [1.165, 1.54) is 29.2 Å². The molecule has 44 heavy (non-hydrogen) atoms. The first-order valence-corrected chi connectivity index (χ1v) is 15.8. The molecule has 0 bridgehead atoms. The largest absolute Gasteiger partial charge is 0.493 e. The summed E-state index contributed by atoms with van der Waals surface area (Å²) in [5.74, 6) is 1.69. The van der Waals surface area contributed by atoms with Crippen LogP contribution in [-0.2, 0) is 16.1 Å². The predicted octanol–water partition coefficient (Wildman–Crippen LogP) is 5.01. The van der Waals surface area contributed by atoms with Crippen LogP contribution in [-0.4, -0.2) is 38.0 Å². The minimum absolute atomic E-state index is 0.231. The third-order valence-electron chi connectivity index (χ3n) is 6.78. The number of benzene rings is 3. The van der Waals surface area contributed by atoms with Gasteiger partial charge in [0.25, 0.3) is 5.56 Å². The van der Waals surface area contributed by atoms with Crippen LogP contribution in [0.3, 0.4) is 0 Å². The minimum Gasteiger partial charge on any atom is -0.493 e. The number of methoxy groups -OCH3 is 2. The Balaban J connectivity index is 1.57. The van der Waals surface area contributed by atoms with Crippen LogP contribution in [0.5, 0.6) is 23.0 Å². The smallest absolute Gasteiger partial charge is 0.337 e. The Morgan fingerprint density at radius 3 is 2.43 bits per heavy atom. The molecule has 0 saturated heterocycles. The van der Waals surface area contributed by atoms with Crippen LogP contribution >= 0.6 is 33.9 Å². The Kier molecular flexibility index (Phi) is 10.1. The summed E-state index contributed by atoms with van der Waals surface area (Å²) in [6, 6.07) is 18.3. The van der Waals surface area contributed by atoms with Crippen LogP contribution in [0.15, 0.2) is 82.2 Å². The molecule has 11 heteroatoms. The number of rotatable bonds is 11. The fourth-order valence-corrected chi connectivity index (χ4v) is 6.58. The molecule has 0 spiro atoms. The van der Waals surface area contributed by atoms with Gasteiger partial charge in [0.15, 0.2) is 27.8 Å². The van der Waals surface area contributed by atoms with Crippen molar-refractivity contribution in [3.05, 3.63) is 112 Å². The van der Waals surface area contributed by atoms with Crippen molar-refractivity contribution in [2.75, 3.05) is 27.4 Å². The quantitative estimate of drug-likeness (QED) is 0.159. The summed E-state index contributed by atoms with van der Waals surface area (Å²) in [6.07, 6.45) is 3.26. The van der Waals surface area contributed by atoms with Crippen LogP contribution in [0.4, 0.5) is 0 Å². The number of halogens is 1. The average Bonchev–Trinajstić information content (AvgIpc) is 3.35. The van der Waals surface area contributed by atoms with E-state index in [0.29, 0.717) is 57.7 Å². The molecular weight excluding hydrogens is 695 g/mol. The maximum Gasteiger partial charge on any atom is 0.337 e. The number of esters is 1. The zero-order valence-electron chi connectivity index (χ0n) is 24.7. The van der Waals surface area contributed by atoms with Gasteiger partial charge in [0.05, 0.1) is 47.2 Å². The molecule has 0 unspecified atom stereocenters. The zero-order valence-corrected chi connectivity index (χ0v) is 27.6. The highest BCUT2D eigenvalue weighted by molar-refractivity contribution is 14.1. The van der Waals surface area contributed by atoms with Crippen molar-refractivity contribution in [1.82, 2.24) is 4.57 Å². The number of carbonyl (C=O) groups is 1. The van der Waals surface area contributed by atoms with Gasteiger partial charge in [-0.15, -0.1) is 0 Å². The summed E-state index contributed by atoms with van der Waals surface area (Å²) >= 11 is 3.44. The van der Waals surface area contributed by atoms with Crippen molar-refractivity contribution in [3.8, 4) is 23.0 Å². The van der Waals surface area contributed by atoms with Gasteiger partial charge in [-0.05, 0) is 83.5 Å². The van der Waals surface area contributed by atoms with Crippen LogP contribution in [0.2, 0.25) is 0 Å². The molecule has 1 aliphatic heterocycles. The molecule has 0 fully saturated rings. The normalized spacial score (nSPS) is 14.2. The highest BCUT2D eigenvalue weighted by Crippen LogP contribution is 2.36. The Morgan fingerprint density at radius 1 is 0.977 bits per heavy atom. The molecule has 5 rings (SSSR count). The molecule has 0 amide bonds. The summed E-state index contributed by atoms with van der Waals surface area (Å²) in [5.41, 5.74) is 2.39. The molecular formula is C33H31IN2O7S. The van der Waals surface area contributed by atoms with Crippen LogP contribution < -0.4 is 33.8 Å². The van der Waals surface area contributed by atoms with Gasteiger partial charge in [0, 0.05) is 6.20 Å². The van der Waals surface area contributed by atoms with E-state index in [0.717, 1.165) is 14.7 Å². The van der Waals surface area contributed by atoms with E-state index in [1.807, 2.05) is 62.4 Å². The number of aromatic nitrogens is 1. The number of fused-ring (bicyclic) bond motifs is 1. The monoisotopic (exact) mass is 726 g/mol. The van der Waals surface area contributed by atoms with E-state index in [2.05, 4.69) is 27.6 Å². The molecule has 4 aromatic rings. The first kappa shape index (κ1) is 31.3. The molecule has 3 aromatic carbocycles. The molecule has 0 radical (unpaired) electrons. The number of ether oxygens (including phenoxy) is 5. The van der Waals surface area contributed by atoms with E-state index in [4.69, 9.17) is 23.7 Å². The van der Waals surface area contributed by atoms with E-state index < -0.39 is 12.0 Å². The lowest BCUT2D eigenvalue weighted by Gasteiger charge is -2.23. The van der Waals surface area contributed by atoms with Gasteiger partial charge in [-0.2, -0.15) is 0 Å². The van der Waals surface area contributed by atoms with Gasteiger partial charge < -0.3 is 23.7 Å². The maximum absolute atomic E-state index is 14.0. The average molecular weight is 727 g/mol. The molecule has 1 atom stereocenters. The number of hydrogen-bond donors (Lipinski definition) is 0. The van der Waals surface area contributed by atoms with Gasteiger partial charge in [0.1, 0.15) is 6.61 Å². The first-order chi connectivity index (χ1) is 21.4. The lowest BCUT2D eigenvalue weighted by molar-refractivity contribution is -0.136. The Hall–Kier alpha value is -4.10. The third kappa shape index (κ3) is 6.53. The SMILES string of the molecule is CCOc1ccc([C@H]2C(C(=O)OC)=CN=c3s/c(=C\c4cc(I)c(OCc5ccccc5)c(OC)c4)c(=O)n32)cc1OCC. The molecule has 1 aliphatic rings. The van der Waals surface area contributed by atoms with E-state index in [9.17, 15) is 9.59 Å². The third-order valence-corrected chi connectivity index (χ3v) is 8.58. The van der Waals surface area contributed by atoms with Crippen LogP contribution in [0, 0.1) is 3.57 Å². The minimum atomic E-state index is -0.779. The summed E-state index contributed by atoms with van der Waals surface area (Å²) in [4.78, 5) is 31.8. The highest BCUT2D eigenvalue weighted by atomic mass is 127. The Morgan fingerprint density at radius 2 is 1.73 bits per heavy atom. The van der Waals surface area contributed by atoms with Crippen molar-refractivity contribution in [2.45, 2.75) is 26.5 Å². The van der Waals surface area contributed by atoms with Crippen molar-refractivity contribution in [2.24, 2.45) is 4.99 Å². The molecule has 1 aromatic heterocycles. The van der Waals surface area contributed by atoms with Crippen LogP contribution in [0.1, 0.15) is 36.6 Å². The van der Waals surface area contributed by atoms with Gasteiger partial charge in [-0.1, -0.05) is 47.7 Å². The second-order valence-electron chi connectivity index (χ2n) is 9.56. The second-order valence-corrected chi connectivity index (χ2v) is 11.7. The van der Waals surface area contributed by atoms with Gasteiger partial charge in [0.2, 0.25) is 0 Å². The number of nitrogens with zero attached hydrogens (tertiary/aromatic N) is 2. The molecule has 0 aliphatic carbocycles. The fourth-order valence-electron chi connectivity index (χ4n) is 4.83. The summed E-state index contributed by atoms with van der Waals surface area (Å²) < 4.78 is 31.2. The van der Waals surface area contributed by atoms with Crippen molar-refractivity contribution < 1.29 is 28.5 Å². The van der Waals surface area contributed by atoms with Crippen molar-refractivity contribution in [1.29, 1.82) is 0 Å². The molecule has 228 valence electrons. The standard InChI is InChI=1S/C33H31IN2O7S/c1-5-41-25-13-12-22(17-26(25)42-6-2)29-23(32(38)40-4)18-35-33-36(29)31(37)28(44-33)16-21-14-24(34)30(27(15-21)39-3)43-19-20-10-8-7-9-11-20/h7-18,29H,5-6,19H2,1-4H3/b28-16-/t29-/m0/s1. The Labute approximate surface area is 272 Å². The highest BCUT2D eigenvalue weighted by Gasteiger charge is 2.31. The van der Waals surface area contributed by atoms with Crippen molar-refractivity contribution >= 4 is 46.0 Å². The fraction of sp³-hybridized carbons (Fsp3) is 0.242. The van der Waals surface area contributed by atoms with E-state index in [-0.39, 0.29) is 11.1 Å². The maximum atomic E-state index is 14.0. The number of hydrogen-bond acceptors (Lipinski definition) is 9. The first-order valence-electron chi connectivity index (χ1n) is 13.9. The summed E-state index contributed by atoms with van der Waals surface area (Å²) in [6.45, 7) is 5.05. The summed E-state index contributed by atoms with van der Waals surface area (Å²) in [5, 5.41) is 0.